The molecule has 0 spiro atoms. The van der Waals surface area contributed by atoms with Crippen molar-refractivity contribution in [1.82, 2.24) is 4.90 Å². The molecule has 1 N–H and O–H groups in total. The normalized spacial score (nSPS) is 10.6. The topological polar surface area (TPSA) is 76.1 Å². The zero-order valence-electron chi connectivity index (χ0n) is 22.3. The Morgan fingerprint density at radius 2 is 1.38 bits per heavy atom. The van der Waals surface area contributed by atoms with E-state index in [2.05, 4.69) is 12.1 Å². The van der Waals surface area contributed by atoms with Crippen molar-refractivity contribution in [2.75, 3.05) is 20.8 Å². The van der Waals surface area contributed by atoms with Gasteiger partial charge in [-0.3, -0.25) is 4.79 Å². The molecule has 0 heterocycles. The van der Waals surface area contributed by atoms with Crippen molar-refractivity contribution in [1.29, 1.82) is 0 Å². The monoisotopic (exact) mass is 523 g/mol. The molecule has 0 aliphatic carbocycles. The lowest BCUT2D eigenvalue weighted by Crippen LogP contribution is -2.33. The summed E-state index contributed by atoms with van der Waals surface area (Å²) in [6, 6.07) is 30.5. The van der Waals surface area contributed by atoms with E-state index in [1.54, 1.807) is 38.5 Å². The molecule has 0 fully saturated rings. The second kappa shape index (κ2) is 13.3. The van der Waals surface area contributed by atoms with Gasteiger partial charge in [0, 0.05) is 19.2 Å². The third-order valence-electron chi connectivity index (χ3n) is 6.65. The molecule has 6 heteroatoms. The Balaban J connectivity index is 1.52. The van der Waals surface area contributed by atoms with Gasteiger partial charge in [-0.1, -0.05) is 72.8 Å². The fourth-order valence-electron chi connectivity index (χ4n) is 4.60. The molecule has 200 valence electrons. The lowest BCUT2D eigenvalue weighted by Gasteiger charge is -2.24. The minimum Gasteiger partial charge on any atom is -0.497 e. The minimum absolute atomic E-state index is 0.0127. The summed E-state index contributed by atoms with van der Waals surface area (Å²) in [5.41, 5.74) is 4.79. The average Bonchev–Trinajstić information content (AvgIpc) is 2.97. The van der Waals surface area contributed by atoms with Gasteiger partial charge in [-0.15, -0.1) is 0 Å². The first-order valence-corrected chi connectivity index (χ1v) is 12.9. The van der Waals surface area contributed by atoms with E-state index in [1.165, 1.54) is 5.56 Å². The summed E-state index contributed by atoms with van der Waals surface area (Å²) >= 11 is 0. The summed E-state index contributed by atoms with van der Waals surface area (Å²) in [6.45, 7) is 1.06. The summed E-state index contributed by atoms with van der Waals surface area (Å²) in [6.07, 6.45) is 1.94. The molecule has 0 radical (unpaired) electrons. The Kier molecular flexibility index (Phi) is 9.35. The quantitative estimate of drug-likeness (QED) is 0.237. The van der Waals surface area contributed by atoms with Crippen molar-refractivity contribution in [3.63, 3.8) is 0 Å². The number of carboxylic acid groups (broad SMARTS) is 1. The standard InChI is InChI=1S/C33H33NO5/c1-38-28-19-26(20-29(22-28)39-2)21-32(35)34(18-8-11-24-9-4-3-5-10-24)23-25-14-16-27(17-15-25)30-12-6-7-13-31(30)33(36)37/h3-7,9-10,12-17,19-20,22H,8,11,18,21,23H2,1-2H3,(H,36,37). The van der Waals surface area contributed by atoms with E-state index < -0.39 is 5.97 Å². The van der Waals surface area contributed by atoms with Gasteiger partial charge in [0.25, 0.3) is 0 Å². The highest BCUT2D eigenvalue weighted by molar-refractivity contribution is 5.96. The average molecular weight is 524 g/mol. The van der Waals surface area contributed by atoms with Crippen molar-refractivity contribution < 1.29 is 24.2 Å². The van der Waals surface area contributed by atoms with Gasteiger partial charge in [0.1, 0.15) is 11.5 Å². The number of benzene rings is 4. The summed E-state index contributed by atoms with van der Waals surface area (Å²) in [7, 11) is 3.18. The third kappa shape index (κ3) is 7.48. The van der Waals surface area contributed by atoms with E-state index in [1.807, 2.05) is 65.6 Å². The Labute approximate surface area is 229 Å². The lowest BCUT2D eigenvalue weighted by molar-refractivity contribution is -0.131. The number of nitrogens with zero attached hydrogens (tertiary/aromatic N) is 1. The summed E-state index contributed by atoms with van der Waals surface area (Å²) in [4.78, 5) is 27.1. The Morgan fingerprint density at radius 1 is 0.744 bits per heavy atom. The molecular formula is C33H33NO5. The number of hydrogen-bond donors (Lipinski definition) is 1. The van der Waals surface area contributed by atoms with Crippen LogP contribution in [0.1, 0.15) is 33.5 Å². The number of rotatable bonds is 12. The highest BCUT2D eigenvalue weighted by Gasteiger charge is 2.17. The molecule has 0 aliphatic heterocycles. The predicted molar refractivity (Wildman–Crippen MR) is 152 cm³/mol. The number of aromatic carboxylic acids is 1. The first kappa shape index (κ1) is 27.5. The van der Waals surface area contributed by atoms with Crippen LogP contribution in [-0.2, 0) is 24.2 Å². The van der Waals surface area contributed by atoms with Crippen LogP contribution in [0, 0.1) is 0 Å². The van der Waals surface area contributed by atoms with Crippen molar-refractivity contribution in [2.45, 2.75) is 25.8 Å². The maximum Gasteiger partial charge on any atom is 0.336 e. The van der Waals surface area contributed by atoms with Gasteiger partial charge in [-0.25, -0.2) is 4.79 Å². The van der Waals surface area contributed by atoms with Gasteiger partial charge in [0.2, 0.25) is 5.91 Å². The Morgan fingerprint density at radius 3 is 2.03 bits per heavy atom. The Bertz CT molecular complexity index is 1380. The second-order valence-electron chi connectivity index (χ2n) is 9.35. The molecule has 0 aliphatic rings. The number of carbonyl (C=O) groups is 2. The maximum absolute atomic E-state index is 13.5. The highest BCUT2D eigenvalue weighted by Crippen LogP contribution is 2.26. The van der Waals surface area contributed by atoms with E-state index in [0.29, 0.717) is 30.2 Å². The fraction of sp³-hybridized carbons (Fsp3) is 0.212. The maximum atomic E-state index is 13.5. The molecule has 4 rings (SSSR count). The molecule has 4 aromatic carbocycles. The van der Waals surface area contributed by atoms with Crippen LogP contribution < -0.4 is 9.47 Å². The number of carboxylic acids is 1. The molecule has 1 amide bonds. The van der Waals surface area contributed by atoms with E-state index in [4.69, 9.17) is 9.47 Å². The predicted octanol–water partition coefficient (Wildman–Crippen LogP) is 6.27. The summed E-state index contributed by atoms with van der Waals surface area (Å²) in [5.74, 6) is 0.340. The van der Waals surface area contributed by atoms with Gasteiger partial charge in [-0.2, -0.15) is 0 Å². The molecule has 0 saturated carbocycles. The molecule has 0 bridgehead atoms. The summed E-state index contributed by atoms with van der Waals surface area (Å²) in [5, 5.41) is 9.55. The van der Waals surface area contributed by atoms with Crippen molar-refractivity contribution in [3.05, 3.63) is 119 Å². The SMILES string of the molecule is COc1cc(CC(=O)N(CCCc2ccccc2)Cc2ccc(-c3ccccc3C(=O)O)cc2)cc(OC)c1. The first-order chi connectivity index (χ1) is 19.0. The zero-order chi connectivity index (χ0) is 27.6. The van der Waals surface area contributed by atoms with E-state index in [9.17, 15) is 14.7 Å². The van der Waals surface area contributed by atoms with Crippen LogP contribution >= 0.6 is 0 Å². The van der Waals surface area contributed by atoms with Gasteiger partial charge in [0.05, 0.1) is 26.2 Å². The van der Waals surface area contributed by atoms with Crippen LogP contribution in [0.15, 0.2) is 97.1 Å². The van der Waals surface area contributed by atoms with Crippen LogP contribution in [-0.4, -0.2) is 42.6 Å². The molecular weight excluding hydrogens is 490 g/mol. The van der Waals surface area contributed by atoms with Crippen molar-refractivity contribution in [2.24, 2.45) is 0 Å². The second-order valence-corrected chi connectivity index (χ2v) is 9.35. The van der Waals surface area contributed by atoms with E-state index in [-0.39, 0.29) is 17.9 Å². The minimum atomic E-state index is -0.959. The van der Waals surface area contributed by atoms with Gasteiger partial charge in [-0.05, 0) is 58.9 Å². The molecule has 6 nitrogen and oxygen atoms in total. The molecule has 4 aromatic rings. The van der Waals surface area contributed by atoms with Crippen LogP contribution in [0.5, 0.6) is 11.5 Å². The Hall–Kier alpha value is -4.58. The van der Waals surface area contributed by atoms with Crippen molar-refractivity contribution >= 4 is 11.9 Å². The molecule has 0 unspecified atom stereocenters. The largest absolute Gasteiger partial charge is 0.497 e. The molecule has 0 saturated heterocycles. The number of ether oxygens (including phenoxy) is 2. The van der Waals surface area contributed by atoms with E-state index in [0.717, 1.165) is 29.5 Å². The lowest BCUT2D eigenvalue weighted by atomic mass is 9.98. The number of hydrogen-bond acceptors (Lipinski definition) is 4. The van der Waals surface area contributed by atoms with Crippen LogP contribution in [0.25, 0.3) is 11.1 Å². The van der Waals surface area contributed by atoms with E-state index >= 15 is 0 Å². The van der Waals surface area contributed by atoms with Crippen LogP contribution in [0.4, 0.5) is 0 Å². The fourth-order valence-corrected chi connectivity index (χ4v) is 4.60. The van der Waals surface area contributed by atoms with Gasteiger partial charge < -0.3 is 19.5 Å². The highest BCUT2D eigenvalue weighted by atomic mass is 16.5. The smallest absolute Gasteiger partial charge is 0.336 e. The van der Waals surface area contributed by atoms with Crippen molar-refractivity contribution in [3.8, 4) is 22.6 Å². The van der Waals surface area contributed by atoms with Crippen LogP contribution in [0.3, 0.4) is 0 Å². The van der Waals surface area contributed by atoms with Crippen LogP contribution in [0.2, 0.25) is 0 Å². The molecule has 0 atom stereocenters. The summed E-state index contributed by atoms with van der Waals surface area (Å²) < 4.78 is 10.8. The number of amides is 1. The zero-order valence-corrected chi connectivity index (χ0v) is 22.3. The molecule has 0 aromatic heterocycles. The first-order valence-electron chi connectivity index (χ1n) is 12.9. The van der Waals surface area contributed by atoms with Gasteiger partial charge in [0.15, 0.2) is 0 Å². The number of aryl methyl sites for hydroxylation is 1. The third-order valence-corrected chi connectivity index (χ3v) is 6.65. The molecule has 39 heavy (non-hydrogen) atoms. The van der Waals surface area contributed by atoms with Gasteiger partial charge >= 0.3 is 5.97 Å². The number of carbonyl (C=O) groups excluding carboxylic acids is 1. The number of methoxy groups -OCH3 is 2.